The van der Waals surface area contributed by atoms with E-state index in [1.165, 1.54) is 38.5 Å². The second-order valence-electron chi connectivity index (χ2n) is 6.28. The van der Waals surface area contributed by atoms with E-state index < -0.39 is 0 Å². The van der Waals surface area contributed by atoms with Gasteiger partial charge in [0, 0.05) is 11.7 Å². The molecule has 0 spiro atoms. The van der Waals surface area contributed by atoms with E-state index in [2.05, 4.69) is 17.6 Å². The third kappa shape index (κ3) is 5.16. The summed E-state index contributed by atoms with van der Waals surface area (Å²) in [5.41, 5.74) is 0.860. The molecule has 21 heavy (non-hydrogen) atoms. The molecule has 1 fully saturated rings. The molecule has 1 aromatic carbocycles. The largest absolute Gasteiger partial charge is 0.325 e. The fraction of sp³-hybridized carbons (Fsp3) is 0.611. The average Bonchev–Trinajstić information content (AvgIpc) is 2.77. The third-order valence-corrected chi connectivity index (χ3v) is 4.55. The maximum Gasteiger partial charge on any atom is 0.241 e. The summed E-state index contributed by atoms with van der Waals surface area (Å²) < 4.78 is 0. The van der Waals surface area contributed by atoms with Gasteiger partial charge in [0.15, 0.2) is 0 Å². The van der Waals surface area contributed by atoms with Crippen LogP contribution in [0.25, 0.3) is 0 Å². The van der Waals surface area contributed by atoms with Crippen molar-refractivity contribution in [3.63, 3.8) is 0 Å². The summed E-state index contributed by atoms with van der Waals surface area (Å²) in [6.07, 6.45) is 7.99. The first kappa shape index (κ1) is 16.0. The number of rotatable bonds is 5. The van der Waals surface area contributed by atoms with Crippen molar-refractivity contribution in [1.82, 2.24) is 5.32 Å². The normalized spacial score (nSPS) is 19.5. The number of hydrogen-bond acceptors (Lipinski definition) is 2. The molecule has 1 saturated carbocycles. The van der Waals surface area contributed by atoms with Gasteiger partial charge in [0.25, 0.3) is 0 Å². The van der Waals surface area contributed by atoms with Gasteiger partial charge < -0.3 is 10.6 Å². The van der Waals surface area contributed by atoms with Crippen molar-refractivity contribution in [3.05, 3.63) is 30.3 Å². The van der Waals surface area contributed by atoms with Gasteiger partial charge in [-0.05, 0) is 44.7 Å². The summed E-state index contributed by atoms with van der Waals surface area (Å²) in [6, 6.07) is 9.89. The maximum absolute atomic E-state index is 12.2. The predicted molar refractivity (Wildman–Crippen MR) is 88.3 cm³/mol. The number of nitrogens with one attached hydrogen (secondary N) is 2. The lowest BCUT2D eigenvalue weighted by Gasteiger charge is -2.26. The maximum atomic E-state index is 12.2. The number of amides is 1. The van der Waals surface area contributed by atoms with E-state index in [4.69, 9.17) is 0 Å². The highest BCUT2D eigenvalue weighted by molar-refractivity contribution is 5.94. The van der Waals surface area contributed by atoms with Crippen LogP contribution >= 0.6 is 0 Å². The summed E-state index contributed by atoms with van der Waals surface area (Å²) >= 11 is 0. The zero-order valence-electron chi connectivity index (χ0n) is 13.3. The van der Waals surface area contributed by atoms with E-state index in [0.717, 1.165) is 5.69 Å². The van der Waals surface area contributed by atoms with Gasteiger partial charge in [-0.25, -0.2) is 0 Å². The Morgan fingerprint density at radius 1 is 1.05 bits per heavy atom. The number of para-hydroxylation sites is 1. The summed E-state index contributed by atoms with van der Waals surface area (Å²) in [5, 5.41) is 6.45. The van der Waals surface area contributed by atoms with Crippen molar-refractivity contribution in [2.75, 3.05) is 5.32 Å². The predicted octanol–water partition coefficient (Wildman–Crippen LogP) is 3.96. The van der Waals surface area contributed by atoms with Crippen LogP contribution in [0.1, 0.15) is 52.4 Å². The van der Waals surface area contributed by atoms with Crippen molar-refractivity contribution < 1.29 is 4.79 Å². The van der Waals surface area contributed by atoms with Crippen LogP contribution in [0.4, 0.5) is 5.69 Å². The molecule has 0 saturated heterocycles. The van der Waals surface area contributed by atoms with E-state index in [9.17, 15) is 4.79 Å². The highest BCUT2D eigenvalue weighted by atomic mass is 16.2. The molecule has 1 aliphatic carbocycles. The van der Waals surface area contributed by atoms with Gasteiger partial charge in [-0.2, -0.15) is 0 Å². The molecule has 2 N–H and O–H groups in total. The van der Waals surface area contributed by atoms with Crippen LogP contribution in [-0.4, -0.2) is 18.0 Å². The van der Waals surface area contributed by atoms with E-state index in [1.807, 2.05) is 37.3 Å². The Hall–Kier alpha value is -1.35. The van der Waals surface area contributed by atoms with Gasteiger partial charge in [0.1, 0.15) is 0 Å². The Bertz CT molecular complexity index is 424. The van der Waals surface area contributed by atoms with Gasteiger partial charge in [-0.3, -0.25) is 4.79 Å². The topological polar surface area (TPSA) is 41.1 Å². The van der Waals surface area contributed by atoms with E-state index >= 15 is 0 Å². The summed E-state index contributed by atoms with van der Waals surface area (Å²) in [7, 11) is 0. The Labute approximate surface area is 128 Å². The Morgan fingerprint density at radius 2 is 1.67 bits per heavy atom. The minimum atomic E-state index is -0.163. The van der Waals surface area contributed by atoms with E-state index in [0.29, 0.717) is 12.0 Å². The number of hydrogen-bond donors (Lipinski definition) is 2. The molecule has 3 heteroatoms. The zero-order chi connectivity index (χ0) is 15.1. The Balaban J connectivity index is 1.82. The minimum absolute atomic E-state index is 0.0432. The zero-order valence-corrected chi connectivity index (χ0v) is 13.3. The van der Waals surface area contributed by atoms with Crippen LogP contribution in [0, 0.1) is 5.92 Å². The van der Waals surface area contributed by atoms with Crippen molar-refractivity contribution in [3.8, 4) is 0 Å². The quantitative estimate of drug-likeness (QED) is 0.805. The monoisotopic (exact) mass is 288 g/mol. The summed E-state index contributed by atoms with van der Waals surface area (Å²) in [6.45, 7) is 4.17. The molecule has 0 radical (unpaired) electrons. The molecule has 2 rings (SSSR count). The highest BCUT2D eigenvalue weighted by Gasteiger charge is 2.22. The lowest BCUT2D eigenvalue weighted by atomic mass is 9.92. The lowest BCUT2D eigenvalue weighted by Crippen LogP contribution is -2.45. The molecule has 1 amide bonds. The molecule has 0 aliphatic heterocycles. The Morgan fingerprint density at radius 3 is 2.29 bits per heavy atom. The smallest absolute Gasteiger partial charge is 0.241 e. The molecule has 2 atom stereocenters. The average molecular weight is 288 g/mol. The molecule has 116 valence electrons. The summed E-state index contributed by atoms with van der Waals surface area (Å²) in [5.74, 6) is 0.751. The molecule has 0 aromatic heterocycles. The van der Waals surface area contributed by atoms with Crippen LogP contribution in [0.15, 0.2) is 30.3 Å². The number of carbonyl (C=O) groups excluding carboxylic acids is 1. The number of benzene rings is 1. The van der Waals surface area contributed by atoms with Crippen molar-refractivity contribution in [1.29, 1.82) is 0 Å². The molecule has 0 bridgehead atoms. The van der Waals surface area contributed by atoms with Crippen molar-refractivity contribution in [2.45, 2.75) is 64.5 Å². The van der Waals surface area contributed by atoms with Gasteiger partial charge >= 0.3 is 0 Å². The first-order valence-electron chi connectivity index (χ1n) is 8.29. The molecule has 0 heterocycles. The number of anilines is 1. The molecule has 1 aromatic rings. The molecule has 3 nitrogen and oxygen atoms in total. The van der Waals surface area contributed by atoms with Crippen LogP contribution in [0.3, 0.4) is 0 Å². The second kappa shape index (κ2) is 8.18. The minimum Gasteiger partial charge on any atom is -0.325 e. The van der Waals surface area contributed by atoms with Crippen LogP contribution < -0.4 is 10.6 Å². The first-order valence-corrected chi connectivity index (χ1v) is 8.29. The summed E-state index contributed by atoms with van der Waals surface area (Å²) in [4.78, 5) is 12.2. The van der Waals surface area contributed by atoms with Crippen LogP contribution in [0.2, 0.25) is 0 Å². The third-order valence-electron chi connectivity index (χ3n) is 4.55. The van der Waals surface area contributed by atoms with Gasteiger partial charge in [0.2, 0.25) is 5.91 Å². The fourth-order valence-corrected chi connectivity index (χ4v) is 3.19. The van der Waals surface area contributed by atoms with Gasteiger partial charge in [-0.15, -0.1) is 0 Å². The lowest BCUT2D eigenvalue weighted by molar-refractivity contribution is -0.118. The number of carbonyl (C=O) groups is 1. The molecular formula is C18H28N2O. The van der Waals surface area contributed by atoms with E-state index in [-0.39, 0.29) is 11.9 Å². The van der Waals surface area contributed by atoms with Gasteiger partial charge in [-0.1, -0.05) is 43.9 Å². The van der Waals surface area contributed by atoms with Crippen LogP contribution in [-0.2, 0) is 4.79 Å². The fourth-order valence-electron chi connectivity index (χ4n) is 3.19. The van der Waals surface area contributed by atoms with Crippen LogP contribution in [0.5, 0.6) is 0 Å². The SMILES string of the molecule is CC(N[C@H](C)C1CCCCCC1)C(=O)Nc1ccccc1. The molecular weight excluding hydrogens is 260 g/mol. The van der Waals surface area contributed by atoms with E-state index in [1.54, 1.807) is 0 Å². The van der Waals surface area contributed by atoms with Crippen molar-refractivity contribution in [2.24, 2.45) is 5.92 Å². The van der Waals surface area contributed by atoms with Crippen molar-refractivity contribution >= 4 is 11.6 Å². The second-order valence-corrected chi connectivity index (χ2v) is 6.28. The highest BCUT2D eigenvalue weighted by Crippen LogP contribution is 2.25. The Kier molecular flexibility index (Phi) is 6.24. The van der Waals surface area contributed by atoms with Gasteiger partial charge in [0.05, 0.1) is 6.04 Å². The molecule has 1 aliphatic rings. The molecule has 1 unspecified atom stereocenters. The first-order chi connectivity index (χ1) is 10.2. The standard InChI is InChI=1S/C18H28N2O/c1-14(16-10-6-3-4-7-11-16)19-15(2)18(21)20-17-12-8-5-9-13-17/h5,8-9,12-16,19H,3-4,6-7,10-11H2,1-2H3,(H,20,21)/t14-,15?/m1/s1.